The Labute approximate surface area is 179 Å². The van der Waals surface area contributed by atoms with Crippen LogP contribution in [0.15, 0.2) is 57.4 Å². The van der Waals surface area contributed by atoms with Crippen molar-refractivity contribution in [3.63, 3.8) is 0 Å². The summed E-state index contributed by atoms with van der Waals surface area (Å²) < 4.78 is 11.4. The van der Waals surface area contributed by atoms with Gasteiger partial charge in [0.2, 0.25) is 0 Å². The average molecular weight is 477 g/mol. The molecule has 0 aliphatic rings. The largest absolute Gasteiger partial charge is 0.453 e. The molecule has 3 aromatic rings. The van der Waals surface area contributed by atoms with E-state index in [0.29, 0.717) is 23.3 Å². The molecule has 3 rings (SSSR count). The summed E-state index contributed by atoms with van der Waals surface area (Å²) in [6.07, 6.45) is 0.583. The smallest absolute Gasteiger partial charge is 0.340 e. The number of carbonyl (C=O) groups is 3. The molecule has 2 aromatic carbocycles. The van der Waals surface area contributed by atoms with Crippen LogP contribution in [0.4, 0.5) is 5.69 Å². The quantitative estimate of drug-likeness (QED) is 0.386. The fourth-order valence-electron chi connectivity index (χ4n) is 2.53. The molecule has 0 radical (unpaired) electrons. The Balaban J connectivity index is 1.66. The van der Waals surface area contributed by atoms with E-state index in [1.807, 2.05) is 13.0 Å². The van der Waals surface area contributed by atoms with E-state index >= 15 is 0 Å². The van der Waals surface area contributed by atoms with Crippen molar-refractivity contribution in [3.8, 4) is 11.3 Å². The minimum Gasteiger partial charge on any atom is -0.453 e. The van der Waals surface area contributed by atoms with Crippen LogP contribution in [0.5, 0.6) is 0 Å². The van der Waals surface area contributed by atoms with Crippen LogP contribution < -0.4 is 5.32 Å². The van der Waals surface area contributed by atoms with Crippen molar-refractivity contribution < 1.29 is 23.5 Å². The van der Waals surface area contributed by atoms with Crippen LogP contribution in [-0.4, -0.2) is 24.8 Å². The van der Waals surface area contributed by atoms with Crippen molar-refractivity contribution in [3.05, 3.63) is 74.9 Å². The number of benzene rings is 2. The van der Waals surface area contributed by atoms with Crippen LogP contribution in [0.3, 0.4) is 0 Å². The number of amides is 1. The molecular formula is C21H15BrClNO5. The number of ether oxygens (including phenoxy) is 1. The zero-order valence-corrected chi connectivity index (χ0v) is 17.5. The molecule has 0 fully saturated rings. The Morgan fingerprint density at radius 2 is 1.97 bits per heavy atom. The van der Waals surface area contributed by atoms with E-state index in [9.17, 15) is 14.4 Å². The molecule has 6 nitrogen and oxygen atoms in total. The molecule has 0 spiro atoms. The maximum absolute atomic E-state index is 12.4. The van der Waals surface area contributed by atoms with Crippen LogP contribution >= 0.6 is 27.5 Å². The zero-order chi connectivity index (χ0) is 21.0. The first-order valence-electron chi connectivity index (χ1n) is 8.45. The van der Waals surface area contributed by atoms with Crippen molar-refractivity contribution in [2.45, 2.75) is 6.92 Å². The monoisotopic (exact) mass is 475 g/mol. The number of hydrogen-bond donors (Lipinski definition) is 1. The number of esters is 1. The number of carbonyl (C=O) groups excluding carboxylic acids is 3. The second kappa shape index (κ2) is 9.07. The summed E-state index contributed by atoms with van der Waals surface area (Å²) in [7, 11) is 0. The van der Waals surface area contributed by atoms with E-state index in [4.69, 9.17) is 20.8 Å². The lowest BCUT2D eigenvalue weighted by atomic mass is 10.1. The molecule has 0 aliphatic carbocycles. The lowest BCUT2D eigenvalue weighted by molar-refractivity contribution is -0.119. The Morgan fingerprint density at radius 1 is 1.17 bits per heavy atom. The number of anilines is 1. The molecule has 8 heteroatoms. The van der Waals surface area contributed by atoms with Crippen molar-refractivity contribution in [1.29, 1.82) is 0 Å². The van der Waals surface area contributed by atoms with Gasteiger partial charge in [0.15, 0.2) is 18.7 Å². The van der Waals surface area contributed by atoms with E-state index in [-0.39, 0.29) is 16.3 Å². The van der Waals surface area contributed by atoms with Gasteiger partial charge < -0.3 is 14.5 Å². The molecule has 0 saturated carbocycles. The van der Waals surface area contributed by atoms with E-state index in [0.717, 1.165) is 10.0 Å². The van der Waals surface area contributed by atoms with E-state index in [1.165, 1.54) is 18.2 Å². The fourth-order valence-corrected chi connectivity index (χ4v) is 2.98. The Bertz CT molecular complexity index is 1090. The molecule has 1 amide bonds. The number of furan rings is 1. The number of nitrogens with one attached hydrogen (secondary N) is 1. The second-order valence-electron chi connectivity index (χ2n) is 6.10. The van der Waals surface area contributed by atoms with Gasteiger partial charge in [-0.3, -0.25) is 9.59 Å². The van der Waals surface area contributed by atoms with Gasteiger partial charge in [-0.2, -0.15) is 0 Å². The SMILES string of the molecule is Cc1cc(NC(=O)COC(=O)c2cc(-c3ccc(C=O)o3)ccc2Cl)ccc1Br. The first-order chi connectivity index (χ1) is 13.9. The lowest BCUT2D eigenvalue weighted by Crippen LogP contribution is -2.21. The third kappa shape index (κ3) is 5.13. The third-order valence-corrected chi connectivity index (χ3v) is 5.21. The Hall–Kier alpha value is -2.90. The standard InChI is InChI=1S/C21H15BrClNO5/c1-12-8-14(3-5-17(12)22)24-20(26)11-28-21(27)16-9-13(2-6-18(16)23)19-7-4-15(10-25)29-19/h2-10H,11H2,1H3,(H,24,26). The average Bonchev–Trinajstić information content (AvgIpc) is 3.18. The third-order valence-electron chi connectivity index (χ3n) is 3.99. The van der Waals surface area contributed by atoms with Gasteiger partial charge in [0.25, 0.3) is 5.91 Å². The minimum atomic E-state index is -0.749. The first kappa shape index (κ1) is 20.8. The number of hydrogen-bond acceptors (Lipinski definition) is 5. The van der Waals surface area contributed by atoms with Gasteiger partial charge in [-0.05, 0) is 61.0 Å². The second-order valence-corrected chi connectivity index (χ2v) is 7.36. The van der Waals surface area contributed by atoms with Crippen molar-refractivity contribution in [1.82, 2.24) is 0 Å². The van der Waals surface area contributed by atoms with Crippen molar-refractivity contribution in [2.24, 2.45) is 0 Å². The predicted octanol–water partition coefficient (Wildman–Crippen LogP) is 5.28. The Kier molecular flexibility index (Phi) is 6.51. The molecular weight excluding hydrogens is 462 g/mol. The lowest BCUT2D eigenvalue weighted by Gasteiger charge is -2.09. The van der Waals surface area contributed by atoms with E-state index < -0.39 is 18.5 Å². The highest BCUT2D eigenvalue weighted by Gasteiger charge is 2.16. The van der Waals surface area contributed by atoms with Crippen LogP contribution in [0.2, 0.25) is 5.02 Å². The zero-order valence-electron chi connectivity index (χ0n) is 15.2. The number of halogens is 2. The van der Waals surface area contributed by atoms with Crippen LogP contribution in [0, 0.1) is 6.92 Å². The van der Waals surface area contributed by atoms with Crippen molar-refractivity contribution in [2.75, 3.05) is 11.9 Å². The maximum Gasteiger partial charge on any atom is 0.340 e. The van der Waals surface area contributed by atoms with Gasteiger partial charge in [0.05, 0.1) is 10.6 Å². The van der Waals surface area contributed by atoms with E-state index in [1.54, 1.807) is 24.3 Å². The molecule has 0 aliphatic heterocycles. The molecule has 0 bridgehead atoms. The van der Waals surface area contributed by atoms with E-state index in [2.05, 4.69) is 21.2 Å². The van der Waals surface area contributed by atoms with Gasteiger partial charge in [-0.1, -0.05) is 27.5 Å². The summed E-state index contributed by atoms with van der Waals surface area (Å²) >= 11 is 9.48. The molecule has 0 atom stereocenters. The van der Waals surface area contributed by atoms with Crippen LogP contribution in [0.25, 0.3) is 11.3 Å². The Morgan fingerprint density at radius 3 is 2.66 bits per heavy atom. The number of rotatable bonds is 6. The topological polar surface area (TPSA) is 85.6 Å². The normalized spacial score (nSPS) is 10.4. The number of aldehydes is 1. The molecule has 0 saturated heterocycles. The molecule has 29 heavy (non-hydrogen) atoms. The molecule has 1 aromatic heterocycles. The highest BCUT2D eigenvalue weighted by atomic mass is 79.9. The van der Waals surface area contributed by atoms with Crippen molar-refractivity contribution >= 4 is 51.4 Å². The fraction of sp³-hybridized carbons (Fsp3) is 0.0952. The molecule has 1 heterocycles. The minimum absolute atomic E-state index is 0.0838. The van der Waals surface area contributed by atoms with Gasteiger partial charge in [0, 0.05) is 15.7 Å². The van der Waals surface area contributed by atoms with Gasteiger partial charge in [-0.25, -0.2) is 4.79 Å². The summed E-state index contributed by atoms with van der Waals surface area (Å²) in [6.45, 7) is 1.43. The maximum atomic E-state index is 12.4. The summed E-state index contributed by atoms with van der Waals surface area (Å²) in [5.74, 6) is -0.657. The summed E-state index contributed by atoms with van der Waals surface area (Å²) in [5.41, 5.74) is 2.18. The summed E-state index contributed by atoms with van der Waals surface area (Å²) in [6, 6.07) is 13.1. The first-order valence-corrected chi connectivity index (χ1v) is 9.62. The summed E-state index contributed by atoms with van der Waals surface area (Å²) in [4.78, 5) is 35.2. The van der Waals surface area contributed by atoms with Gasteiger partial charge in [-0.15, -0.1) is 0 Å². The summed E-state index contributed by atoms with van der Waals surface area (Å²) in [5, 5.41) is 2.83. The molecule has 148 valence electrons. The molecule has 1 N–H and O–H groups in total. The van der Waals surface area contributed by atoms with Crippen LogP contribution in [-0.2, 0) is 9.53 Å². The molecule has 0 unspecified atom stereocenters. The number of aryl methyl sites for hydroxylation is 1. The van der Waals surface area contributed by atoms with Gasteiger partial charge in [0.1, 0.15) is 5.76 Å². The highest BCUT2D eigenvalue weighted by Crippen LogP contribution is 2.27. The van der Waals surface area contributed by atoms with Crippen LogP contribution in [0.1, 0.15) is 26.5 Å². The predicted molar refractivity (Wildman–Crippen MR) is 112 cm³/mol. The van der Waals surface area contributed by atoms with Gasteiger partial charge >= 0.3 is 5.97 Å². The highest BCUT2D eigenvalue weighted by molar-refractivity contribution is 9.10.